The molecular weight excluding hydrogens is 248 g/mol. The van der Waals surface area contributed by atoms with Gasteiger partial charge in [0, 0.05) is 18.6 Å². The zero-order valence-electron chi connectivity index (χ0n) is 13.1. The number of hydrogen-bond donors (Lipinski definition) is 1. The maximum atomic E-state index is 12.2. The molecule has 1 fully saturated rings. The van der Waals surface area contributed by atoms with Crippen molar-refractivity contribution in [3.05, 3.63) is 35.4 Å². The van der Waals surface area contributed by atoms with Gasteiger partial charge < -0.3 is 5.32 Å². The van der Waals surface area contributed by atoms with Crippen molar-refractivity contribution in [2.24, 2.45) is 5.92 Å². The topological polar surface area (TPSA) is 32.3 Å². The van der Waals surface area contributed by atoms with Crippen LogP contribution in [0.15, 0.2) is 24.3 Å². The fourth-order valence-corrected chi connectivity index (χ4v) is 2.69. The average molecular weight is 274 g/mol. The number of nitrogens with zero attached hydrogens (tertiary/aromatic N) is 1. The lowest BCUT2D eigenvalue weighted by atomic mass is 10.0. The molecule has 3 heteroatoms. The van der Waals surface area contributed by atoms with E-state index in [0.29, 0.717) is 0 Å². The molecule has 0 radical (unpaired) electrons. The Hall–Kier alpha value is -1.35. The van der Waals surface area contributed by atoms with Crippen LogP contribution in [0.2, 0.25) is 0 Å². The molecule has 110 valence electrons. The number of rotatable bonds is 3. The van der Waals surface area contributed by atoms with E-state index in [1.807, 2.05) is 20.8 Å². The van der Waals surface area contributed by atoms with E-state index in [4.69, 9.17) is 0 Å². The van der Waals surface area contributed by atoms with Gasteiger partial charge in [0.15, 0.2) is 0 Å². The van der Waals surface area contributed by atoms with Crippen molar-refractivity contribution in [2.45, 2.75) is 46.2 Å². The fourth-order valence-electron chi connectivity index (χ4n) is 2.69. The van der Waals surface area contributed by atoms with E-state index in [9.17, 15) is 4.79 Å². The summed E-state index contributed by atoms with van der Waals surface area (Å²) in [6, 6.07) is 8.48. The van der Waals surface area contributed by atoms with E-state index in [0.717, 1.165) is 26.1 Å². The Labute approximate surface area is 122 Å². The lowest BCUT2D eigenvalue weighted by Gasteiger charge is -2.23. The second-order valence-corrected chi connectivity index (χ2v) is 6.89. The third-order valence-corrected chi connectivity index (χ3v) is 3.80. The molecule has 20 heavy (non-hydrogen) atoms. The molecule has 0 aliphatic carbocycles. The normalized spacial score (nSPS) is 20.1. The lowest BCUT2D eigenvalue weighted by Crippen LogP contribution is -2.44. The summed E-state index contributed by atoms with van der Waals surface area (Å²) < 4.78 is 0. The van der Waals surface area contributed by atoms with E-state index in [2.05, 4.69) is 41.4 Å². The number of carbonyl (C=O) groups is 1. The fraction of sp³-hybridized carbons (Fsp3) is 0.588. The standard InChI is InChI=1S/C17H26N2O/c1-13-7-5-6-8-14(13)11-19-10-9-15(12-19)16(20)18-17(2,3)4/h5-8,15H,9-12H2,1-4H3,(H,18,20). The van der Waals surface area contributed by atoms with E-state index in [-0.39, 0.29) is 17.4 Å². The lowest BCUT2D eigenvalue weighted by molar-refractivity contribution is -0.126. The van der Waals surface area contributed by atoms with Crippen molar-refractivity contribution in [3.8, 4) is 0 Å². The largest absolute Gasteiger partial charge is 0.351 e. The van der Waals surface area contributed by atoms with Crippen LogP contribution in [0.3, 0.4) is 0 Å². The van der Waals surface area contributed by atoms with E-state index in [1.54, 1.807) is 0 Å². The van der Waals surface area contributed by atoms with Crippen molar-refractivity contribution < 1.29 is 4.79 Å². The Bertz CT molecular complexity index is 476. The molecule has 1 amide bonds. The maximum absolute atomic E-state index is 12.2. The molecule has 0 saturated carbocycles. The zero-order valence-corrected chi connectivity index (χ0v) is 13.1. The van der Waals surface area contributed by atoms with E-state index < -0.39 is 0 Å². The SMILES string of the molecule is Cc1ccccc1CN1CCC(C(=O)NC(C)(C)C)C1. The summed E-state index contributed by atoms with van der Waals surface area (Å²) in [6.45, 7) is 11.1. The van der Waals surface area contributed by atoms with Crippen LogP contribution < -0.4 is 5.32 Å². The number of carbonyl (C=O) groups excluding carboxylic acids is 1. The molecule has 2 rings (SSSR count). The highest BCUT2D eigenvalue weighted by Gasteiger charge is 2.30. The maximum Gasteiger partial charge on any atom is 0.224 e. The van der Waals surface area contributed by atoms with Crippen LogP contribution in [0, 0.1) is 12.8 Å². The first kappa shape index (κ1) is 15.0. The minimum atomic E-state index is -0.138. The molecule has 0 bridgehead atoms. The van der Waals surface area contributed by atoms with Gasteiger partial charge in [0.25, 0.3) is 0 Å². The summed E-state index contributed by atoms with van der Waals surface area (Å²) in [4.78, 5) is 14.6. The van der Waals surface area contributed by atoms with Crippen molar-refractivity contribution in [1.82, 2.24) is 10.2 Å². The number of amides is 1. The molecule has 0 spiro atoms. The molecule has 1 aromatic carbocycles. The van der Waals surface area contributed by atoms with Gasteiger partial charge in [-0.3, -0.25) is 9.69 Å². The summed E-state index contributed by atoms with van der Waals surface area (Å²) in [5.41, 5.74) is 2.56. The van der Waals surface area contributed by atoms with Crippen LogP contribution in [0.4, 0.5) is 0 Å². The summed E-state index contributed by atoms with van der Waals surface area (Å²) >= 11 is 0. The van der Waals surface area contributed by atoms with Gasteiger partial charge in [-0.05, 0) is 51.8 Å². The highest BCUT2D eigenvalue weighted by molar-refractivity contribution is 5.79. The van der Waals surface area contributed by atoms with E-state index >= 15 is 0 Å². The van der Waals surface area contributed by atoms with Crippen LogP contribution in [-0.2, 0) is 11.3 Å². The molecule has 1 saturated heterocycles. The molecule has 0 aromatic heterocycles. The summed E-state index contributed by atoms with van der Waals surface area (Å²) in [5.74, 6) is 0.336. The Morgan fingerprint density at radius 3 is 2.70 bits per heavy atom. The molecule has 1 unspecified atom stereocenters. The molecule has 1 aliphatic heterocycles. The number of benzene rings is 1. The number of nitrogens with one attached hydrogen (secondary N) is 1. The van der Waals surface area contributed by atoms with Crippen LogP contribution in [0.25, 0.3) is 0 Å². The smallest absolute Gasteiger partial charge is 0.224 e. The Kier molecular flexibility index (Phi) is 4.48. The monoisotopic (exact) mass is 274 g/mol. The first-order valence-electron chi connectivity index (χ1n) is 7.44. The number of likely N-dealkylation sites (tertiary alicyclic amines) is 1. The molecule has 1 atom stereocenters. The van der Waals surface area contributed by atoms with Crippen LogP contribution in [-0.4, -0.2) is 29.4 Å². The minimum absolute atomic E-state index is 0.137. The van der Waals surface area contributed by atoms with Gasteiger partial charge in [-0.25, -0.2) is 0 Å². The van der Waals surface area contributed by atoms with Gasteiger partial charge in [-0.2, -0.15) is 0 Å². The number of hydrogen-bond acceptors (Lipinski definition) is 2. The first-order chi connectivity index (χ1) is 9.35. The van der Waals surface area contributed by atoms with E-state index in [1.165, 1.54) is 11.1 Å². The van der Waals surface area contributed by atoms with Gasteiger partial charge in [-0.1, -0.05) is 24.3 Å². The van der Waals surface area contributed by atoms with Gasteiger partial charge in [0.1, 0.15) is 0 Å². The quantitative estimate of drug-likeness (QED) is 0.919. The summed E-state index contributed by atoms with van der Waals surface area (Å²) in [5, 5.41) is 3.09. The average Bonchev–Trinajstić information content (AvgIpc) is 2.79. The van der Waals surface area contributed by atoms with Crippen LogP contribution in [0.1, 0.15) is 38.3 Å². The van der Waals surface area contributed by atoms with Gasteiger partial charge in [0.05, 0.1) is 5.92 Å². The van der Waals surface area contributed by atoms with Crippen molar-refractivity contribution in [3.63, 3.8) is 0 Å². The van der Waals surface area contributed by atoms with Gasteiger partial charge >= 0.3 is 0 Å². The summed E-state index contributed by atoms with van der Waals surface area (Å²) in [6.07, 6.45) is 0.966. The molecule has 1 N–H and O–H groups in total. The van der Waals surface area contributed by atoms with Crippen molar-refractivity contribution >= 4 is 5.91 Å². The van der Waals surface area contributed by atoms with Gasteiger partial charge in [0.2, 0.25) is 5.91 Å². The molecule has 1 heterocycles. The predicted molar refractivity (Wildman–Crippen MR) is 82.5 cm³/mol. The van der Waals surface area contributed by atoms with Crippen molar-refractivity contribution in [2.75, 3.05) is 13.1 Å². The minimum Gasteiger partial charge on any atom is -0.351 e. The van der Waals surface area contributed by atoms with Gasteiger partial charge in [-0.15, -0.1) is 0 Å². The molecule has 3 nitrogen and oxygen atoms in total. The highest BCUT2D eigenvalue weighted by atomic mass is 16.2. The van der Waals surface area contributed by atoms with Crippen molar-refractivity contribution in [1.29, 1.82) is 0 Å². The third-order valence-electron chi connectivity index (χ3n) is 3.80. The molecule has 1 aromatic rings. The Balaban J connectivity index is 1.90. The van der Waals surface area contributed by atoms with Crippen LogP contribution >= 0.6 is 0 Å². The zero-order chi connectivity index (χ0) is 14.8. The van der Waals surface area contributed by atoms with Crippen LogP contribution in [0.5, 0.6) is 0 Å². The third kappa shape index (κ3) is 4.07. The number of aryl methyl sites for hydroxylation is 1. The predicted octanol–water partition coefficient (Wildman–Crippen LogP) is 2.73. The Morgan fingerprint density at radius 2 is 2.05 bits per heavy atom. The first-order valence-corrected chi connectivity index (χ1v) is 7.44. The molecule has 1 aliphatic rings. The highest BCUT2D eigenvalue weighted by Crippen LogP contribution is 2.20. The molecular formula is C17H26N2O. The summed E-state index contributed by atoms with van der Waals surface area (Å²) in [7, 11) is 0. The second kappa shape index (κ2) is 5.96. The second-order valence-electron chi connectivity index (χ2n) is 6.89. The Morgan fingerprint density at radius 1 is 1.35 bits per heavy atom.